The Morgan fingerprint density at radius 3 is 2.35 bits per heavy atom. The van der Waals surface area contributed by atoms with Crippen molar-refractivity contribution in [1.29, 1.82) is 0 Å². The summed E-state index contributed by atoms with van der Waals surface area (Å²) in [4.78, 5) is 12.1. The third-order valence-electron chi connectivity index (χ3n) is 3.37. The molecule has 1 aromatic carbocycles. The lowest BCUT2D eigenvalue weighted by Gasteiger charge is -2.25. The van der Waals surface area contributed by atoms with Gasteiger partial charge in [0.2, 0.25) is 0 Å². The van der Waals surface area contributed by atoms with Gasteiger partial charge in [0, 0.05) is 6.04 Å². The van der Waals surface area contributed by atoms with E-state index in [1.807, 2.05) is 0 Å². The Morgan fingerprint density at radius 1 is 1.25 bits per heavy atom. The van der Waals surface area contributed by atoms with Crippen LogP contribution in [0.3, 0.4) is 0 Å². The molecule has 0 spiro atoms. The van der Waals surface area contributed by atoms with E-state index in [-0.39, 0.29) is 27.9 Å². The molecule has 4 nitrogen and oxygen atoms in total. The third-order valence-corrected chi connectivity index (χ3v) is 4.36. The number of aromatic hydroxyl groups is 1. The van der Waals surface area contributed by atoms with Crippen molar-refractivity contribution in [3.05, 3.63) is 22.2 Å². The first-order valence-corrected chi connectivity index (χ1v) is 7.62. The summed E-state index contributed by atoms with van der Waals surface area (Å²) in [6, 6.07) is 2.75. The zero-order valence-corrected chi connectivity index (χ0v) is 13.2. The standard InChI is InChI=1S/C13H16Cl2N2O2S/c14-10-6-9(7-11(15)12(10)18)17(20)13(19)16-8-4-2-1-3-5-8/h6-8,18,20H,1-5H2,(H,16,19). The maximum atomic E-state index is 12.1. The van der Waals surface area contributed by atoms with E-state index in [1.165, 1.54) is 18.6 Å². The lowest BCUT2D eigenvalue weighted by molar-refractivity contribution is 0.242. The molecule has 0 unspecified atom stereocenters. The summed E-state index contributed by atoms with van der Waals surface area (Å²) in [5.41, 5.74) is 0.412. The summed E-state index contributed by atoms with van der Waals surface area (Å²) in [6.07, 6.45) is 5.47. The van der Waals surface area contributed by atoms with E-state index in [4.69, 9.17) is 23.2 Å². The highest BCUT2D eigenvalue weighted by Crippen LogP contribution is 2.36. The van der Waals surface area contributed by atoms with Crippen LogP contribution in [0.2, 0.25) is 10.0 Å². The van der Waals surface area contributed by atoms with E-state index in [0.717, 1.165) is 30.0 Å². The van der Waals surface area contributed by atoms with Crippen LogP contribution in [0.5, 0.6) is 5.75 Å². The third kappa shape index (κ3) is 3.65. The average molecular weight is 335 g/mol. The Morgan fingerprint density at radius 2 is 1.80 bits per heavy atom. The van der Waals surface area contributed by atoms with Crippen LogP contribution in [0.4, 0.5) is 10.5 Å². The first-order chi connectivity index (χ1) is 9.49. The molecule has 0 aliphatic heterocycles. The van der Waals surface area contributed by atoms with Crippen LogP contribution in [-0.2, 0) is 0 Å². The number of phenolic OH excluding ortho intramolecular Hbond substituents is 1. The van der Waals surface area contributed by atoms with Crippen molar-refractivity contribution in [3.8, 4) is 5.75 Å². The number of hydrogen-bond donors (Lipinski definition) is 3. The first kappa shape index (κ1) is 15.6. The number of carbonyl (C=O) groups excluding carboxylic acids is 1. The number of thiol groups is 1. The normalized spacial score (nSPS) is 15.9. The van der Waals surface area contributed by atoms with E-state index in [0.29, 0.717) is 5.69 Å². The van der Waals surface area contributed by atoms with Gasteiger partial charge in [0.05, 0.1) is 15.7 Å². The van der Waals surface area contributed by atoms with Gasteiger partial charge < -0.3 is 10.4 Å². The minimum Gasteiger partial charge on any atom is -0.505 e. The van der Waals surface area contributed by atoms with E-state index in [9.17, 15) is 9.90 Å². The van der Waals surface area contributed by atoms with Gasteiger partial charge in [-0.2, -0.15) is 0 Å². The van der Waals surface area contributed by atoms with E-state index in [2.05, 4.69) is 18.1 Å². The molecule has 20 heavy (non-hydrogen) atoms. The lowest BCUT2D eigenvalue weighted by atomic mass is 9.96. The molecule has 1 fully saturated rings. The molecule has 0 aromatic heterocycles. The molecular formula is C13H16Cl2N2O2S. The van der Waals surface area contributed by atoms with Gasteiger partial charge in [-0.05, 0) is 25.0 Å². The zero-order valence-electron chi connectivity index (χ0n) is 10.8. The highest BCUT2D eigenvalue weighted by molar-refractivity contribution is 7.82. The molecule has 1 saturated carbocycles. The molecule has 0 heterocycles. The molecule has 1 aromatic rings. The molecule has 7 heteroatoms. The van der Waals surface area contributed by atoms with Gasteiger partial charge in [-0.25, -0.2) is 9.10 Å². The van der Waals surface area contributed by atoms with Crippen LogP contribution in [-0.4, -0.2) is 17.2 Å². The predicted molar refractivity (Wildman–Crippen MR) is 85.0 cm³/mol. The fourth-order valence-corrected chi connectivity index (χ4v) is 2.92. The second kappa shape index (κ2) is 6.78. The van der Waals surface area contributed by atoms with Gasteiger partial charge in [-0.1, -0.05) is 55.3 Å². The molecule has 0 bridgehead atoms. The smallest absolute Gasteiger partial charge is 0.332 e. The fraction of sp³-hybridized carbons (Fsp3) is 0.462. The van der Waals surface area contributed by atoms with E-state index < -0.39 is 0 Å². The molecule has 1 aliphatic carbocycles. The summed E-state index contributed by atoms with van der Waals surface area (Å²) in [7, 11) is 0. The molecule has 0 radical (unpaired) electrons. The number of rotatable bonds is 2. The summed E-state index contributed by atoms with van der Waals surface area (Å²) in [5.74, 6) is -0.202. The van der Waals surface area contributed by atoms with Crippen LogP contribution in [0, 0.1) is 0 Å². The van der Waals surface area contributed by atoms with Crippen LogP contribution in [0.15, 0.2) is 12.1 Å². The number of amides is 2. The van der Waals surface area contributed by atoms with Crippen molar-refractivity contribution in [2.24, 2.45) is 0 Å². The number of urea groups is 1. The Balaban J connectivity index is 2.06. The molecule has 1 aliphatic rings. The number of nitrogens with one attached hydrogen (secondary N) is 1. The van der Waals surface area contributed by atoms with Crippen LogP contribution in [0.25, 0.3) is 0 Å². The van der Waals surface area contributed by atoms with Crippen LogP contribution in [0.1, 0.15) is 32.1 Å². The number of nitrogens with zero attached hydrogens (tertiary/aromatic N) is 1. The van der Waals surface area contributed by atoms with Crippen molar-refractivity contribution in [2.45, 2.75) is 38.1 Å². The Labute approximate surface area is 133 Å². The summed E-state index contributed by atoms with van der Waals surface area (Å²) in [6.45, 7) is 0. The van der Waals surface area contributed by atoms with Gasteiger partial charge in [0.25, 0.3) is 0 Å². The minimum absolute atomic E-state index is 0.0806. The largest absolute Gasteiger partial charge is 0.505 e. The van der Waals surface area contributed by atoms with Crippen molar-refractivity contribution >= 4 is 47.7 Å². The number of carbonyl (C=O) groups is 1. The highest BCUT2D eigenvalue weighted by Gasteiger charge is 2.20. The van der Waals surface area contributed by atoms with Crippen molar-refractivity contribution in [1.82, 2.24) is 5.32 Å². The molecule has 2 rings (SSSR count). The van der Waals surface area contributed by atoms with Crippen molar-refractivity contribution in [2.75, 3.05) is 4.31 Å². The van der Waals surface area contributed by atoms with Crippen LogP contribution >= 0.6 is 36.0 Å². The van der Waals surface area contributed by atoms with Crippen molar-refractivity contribution in [3.63, 3.8) is 0 Å². The highest BCUT2D eigenvalue weighted by atomic mass is 35.5. The Kier molecular flexibility index (Phi) is 5.29. The minimum atomic E-state index is -0.321. The monoisotopic (exact) mass is 334 g/mol. The number of phenols is 1. The predicted octanol–water partition coefficient (Wildman–Crippen LogP) is 4.39. The van der Waals surface area contributed by atoms with Gasteiger partial charge in [0.15, 0.2) is 5.75 Å². The van der Waals surface area contributed by atoms with Gasteiger partial charge in [0.1, 0.15) is 0 Å². The van der Waals surface area contributed by atoms with Crippen molar-refractivity contribution < 1.29 is 9.90 Å². The second-order valence-electron chi connectivity index (χ2n) is 4.85. The summed E-state index contributed by atoms with van der Waals surface area (Å²) >= 11 is 15.8. The number of halogens is 2. The lowest BCUT2D eigenvalue weighted by Crippen LogP contribution is -2.42. The summed E-state index contributed by atoms with van der Waals surface area (Å²) < 4.78 is 1.14. The number of hydrogen-bond acceptors (Lipinski definition) is 3. The Bertz CT molecular complexity index is 484. The molecule has 110 valence electrons. The number of benzene rings is 1. The molecule has 0 saturated heterocycles. The molecular weight excluding hydrogens is 319 g/mol. The Hall–Kier alpha value is -0.780. The molecule has 0 atom stereocenters. The average Bonchev–Trinajstić information content (AvgIpc) is 2.44. The van der Waals surface area contributed by atoms with Crippen LogP contribution < -0.4 is 9.62 Å². The maximum absolute atomic E-state index is 12.1. The topological polar surface area (TPSA) is 52.6 Å². The van der Waals surface area contributed by atoms with Gasteiger partial charge >= 0.3 is 6.03 Å². The van der Waals surface area contributed by atoms with Gasteiger partial charge in [-0.15, -0.1) is 0 Å². The second-order valence-corrected chi connectivity index (χ2v) is 6.07. The van der Waals surface area contributed by atoms with Gasteiger partial charge in [-0.3, -0.25) is 0 Å². The fourth-order valence-electron chi connectivity index (χ4n) is 2.27. The molecule has 2 amide bonds. The zero-order chi connectivity index (χ0) is 14.7. The van der Waals surface area contributed by atoms with E-state index >= 15 is 0 Å². The maximum Gasteiger partial charge on any atom is 0.332 e. The molecule has 2 N–H and O–H groups in total. The number of anilines is 1. The van der Waals surface area contributed by atoms with E-state index in [1.54, 1.807) is 0 Å². The quantitative estimate of drug-likeness (QED) is 0.702. The SMILES string of the molecule is O=C(NC1CCCCC1)N(S)c1cc(Cl)c(O)c(Cl)c1. The summed E-state index contributed by atoms with van der Waals surface area (Å²) in [5, 5.41) is 12.6. The first-order valence-electron chi connectivity index (χ1n) is 6.46.